The van der Waals surface area contributed by atoms with Crippen LogP contribution in [-0.4, -0.2) is 30.9 Å². The maximum Gasteiger partial charge on any atom is 0.261 e. The number of fused-ring (bicyclic) bond motifs is 3. The van der Waals surface area contributed by atoms with Crippen molar-refractivity contribution in [1.29, 1.82) is 0 Å². The van der Waals surface area contributed by atoms with Gasteiger partial charge in [-0.3, -0.25) is 14.3 Å². The van der Waals surface area contributed by atoms with Crippen molar-refractivity contribution >= 4 is 21.8 Å². The highest BCUT2D eigenvalue weighted by Gasteiger charge is 2.30. The van der Waals surface area contributed by atoms with E-state index in [2.05, 4.69) is 22.1 Å². The quantitative estimate of drug-likeness (QED) is 0.434. The Morgan fingerprint density at radius 1 is 0.971 bits per heavy atom. The molecule has 6 rings (SSSR count). The summed E-state index contributed by atoms with van der Waals surface area (Å²) in [5, 5.41) is 22.5. The molecule has 34 heavy (non-hydrogen) atoms. The molecule has 6 heteroatoms. The Hall–Kier alpha value is -3.09. The van der Waals surface area contributed by atoms with Crippen LogP contribution in [0.3, 0.4) is 0 Å². The van der Waals surface area contributed by atoms with Crippen LogP contribution in [0.1, 0.15) is 67.4 Å². The molecule has 0 aliphatic heterocycles. The molecule has 2 heterocycles. The van der Waals surface area contributed by atoms with Gasteiger partial charge in [0, 0.05) is 11.6 Å². The normalized spacial score (nSPS) is 21.7. The van der Waals surface area contributed by atoms with E-state index in [0.29, 0.717) is 29.7 Å². The van der Waals surface area contributed by atoms with Crippen LogP contribution in [0.4, 0.5) is 0 Å². The third-order valence-corrected chi connectivity index (χ3v) is 7.56. The summed E-state index contributed by atoms with van der Waals surface area (Å²) in [4.78, 5) is 22.8. The highest BCUT2D eigenvalue weighted by molar-refractivity contribution is 6.04. The van der Waals surface area contributed by atoms with Crippen molar-refractivity contribution in [2.24, 2.45) is 5.92 Å². The van der Waals surface area contributed by atoms with E-state index in [1.165, 1.54) is 0 Å². The highest BCUT2D eigenvalue weighted by atomic mass is 16.3. The minimum atomic E-state index is -0.520. The molecule has 0 saturated heterocycles. The zero-order valence-electron chi connectivity index (χ0n) is 19.1. The van der Waals surface area contributed by atoms with Gasteiger partial charge in [0.1, 0.15) is 5.52 Å². The predicted molar refractivity (Wildman–Crippen MR) is 132 cm³/mol. The van der Waals surface area contributed by atoms with E-state index in [1.807, 2.05) is 30.3 Å². The smallest absolute Gasteiger partial charge is 0.261 e. The number of aliphatic hydroxyl groups excluding tert-OH is 2. The van der Waals surface area contributed by atoms with E-state index in [1.54, 1.807) is 17.1 Å². The first-order valence-electron chi connectivity index (χ1n) is 12.3. The summed E-state index contributed by atoms with van der Waals surface area (Å²) < 4.78 is 1.62. The van der Waals surface area contributed by atoms with Crippen LogP contribution in [0.15, 0.2) is 59.8 Å². The Kier molecular flexibility index (Phi) is 5.42. The van der Waals surface area contributed by atoms with Crippen LogP contribution in [0.25, 0.3) is 21.8 Å². The van der Waals surface area contributed by atoms with Crippen LogP contribution in [0.5, 0.6) is 0 Å². The van der Waals surface area contributed by atoms with E-state index in [9.17, 15) is 15.0 Å². The molecule has 2 aliphatic rings. The molecule has 2 saturated carbocycles. The first-order chi connectivity index (χ1) is 16.6. The van der Waals surface area contributed by atoms with Gasteiger partial charge in [0.05, 0.1) is 35.5 Å². The predicted octanol–water partition coefficient (Wildman–Crippen LogP) is 4.45. The Morgan fingerprint density at radius 3 is 2.50 bits per heavy atom. The molecule has 2 aromatic heterocycles. The molecule has 1 unspecified atom stereocenters. The summed E-state index contributed by atoms with van der Waals surface area (Å²) in [6.45, 7) is 0. The van der Waals surface area contributed by atoms with Crippen molar-refractivity contribution in [3.63, 3.8) is 0 Å². The SMILES string of the molecule is O=c1c2cc(Cc3ccc(C(O)C4CC4)cc3)c3cccnc3c2ncn1[C@H]1CCCC[C@@H]1O. The topological polar surface area (TPSA) is 88.2 Å². The molecular formula is C28H29N3O3. The van der Waals surface area contributed by atoms with Crippen molar-refractivity contribution < 1.29 is 10.2 Å². The maximum absolute atomic E-state index is 13.6. The number of hydrogen-bond acceptors (Lipinski definition) is 5. The van der Waals surface area contributed by atoms with Crippen molar-refractivity contribution in [3.05, 3.63) is 82.0 Å². The molecule has 2 fully saturated rings. The van der Waals surface area contributed by atoms with Crippen LogP contribution in [0.2, 0.25) is 0 Å². The van der Waals surface area contributed by atoms with Gasteiger partial charge in [-0.15, -0.1) is 0 Å². The van der Waals surface area contributed by atoms with Gasteiger partial charge in [-0.05, 0) is 66.8 Å². The van der Waals surface area contributed by atoms with Gasteiger partial charge in [0.25, 0.3) is 5.56 Å². The minimum Gasteiger partial charge on any atom is -0.391 e. The molecule has 2 aromatic carbocycles. The molecule has 0 radical (unpaired) electrons. The first kappa shape index (κ1) is 21.4. The highest BCUT2D eigenvalue weighted by Crippen LogP contribution is 2.41. The molecule has 2 aliphatic carbocycles. The summed E-state index contributed by atoms with van der Waals surface area (Å²) in [6.07, 6.45) is 8.76. The van der Waals surface area contributed by atoms with Gasteiger partial charge in [0.2, 0.25) is 0 Å². The summed E-state index contributed by atoms with van der Waals surface area (Å²) >= 11 is 0. The zero-order valence-corrected chi connectivity index (χ0v) is 19.1. The van der Waals surface area contributed by atoms with Crippen molar-refractivity contribution in [3.8, 4) is 0 Å². The molecular weight excluding hydrogens is 426 g/mol. The van der Waals surface area contributed by atoms with Gasteiger partial charge in [-0.2, -0.15) is 0 Å². The van der Waals surface area contributed by atoms with Crippen LogP contribution >= 0.6 is 0 Å². The lowest BCUT2D eigenvalue weighted by molar-refractivity contribution is 0.0735. The Morgan fingerprint density at radius 2 is 1.74 bits per heavy atom. The van der Waals surface area contributed by atoms with E-state index in [4.69, 9.17) is 0 Å². The van der Waals surface area contributed by atoms with Gasteiger partial charge < -0.3 is 10.2 Å². The Labute approximate surface area is 197 Å². The second-order valence-electron chi connectivity index (χ2n) is 9.91. The third-order valence-electron chi connectivity index (χ3n) is 7.56. The Bertz CT molecular complexity index is 1410. The first-order valence-corrected chi connectivity index (χ1v) is 12.3. The number of rotatable bonds is 5. The number of aliphatic hydroxyl groups is 2. The fourth-order valence-corrected chi connectivity index (χ4v) is 5.44. The lowest BCUT2D eigenvalue weighted by Gasteiger charge is -2.29. The molecule has 0 spiro atoms. The van der Waals surface area contributed by atoms with E-state index < -0.39 is 6.10 Å². The molecule has 0 amide bonds. The average molecular weight is 456 g/mol. The van der Waals surface area contributed by atoms with Crippen LogP contribution in [0, 0.1) is 5.92 Å². The lowest BCUT2D eigenvalue weighted by Crippen LogP contribution is -2.34. The van der Waals surface area contributed by atoms with Crippen molar-refractivity contribution in [2.75, 3.05) is 0 Å². The number of hydrogen-bond donors (Lipinski definition) is 2. The molecule has 6 nitrogen and oxygen atoms in total. The maximum atomic E-state index is 13.6. The number of nitrogens with zero attached hydrogens (tertiary/aromatic N) is 3. The summed E-state index contributed by atoms with van der Waals surface area (Å²) in [5.74, 6) is 0.402. The summed E-state index contributed by atoms with van der Waals surface area (Å²) in [5.41, 5.74) is 4.31. The average Bonchev–Trinajstić information content (AvgIpc) is 3.71. The van der Waals surface area contributed by atoms with Crippen molar-refractivity contribution in [1.82, 2.24) is 14.5 Å². The number of pyridine rings is 1. The fourth-order valence-electron chi connectivity index (χ4n) is 5.44. The summed E-state index contributed by atoms with van der Waals surface area (Å²) in [6, 6.07) is 13.8. The van der Waals surface area contributed by atoms with E-state index in [-0.39, 0.29) is 17.7 Å². The Balaban J connectivity index is 1.42. The largest absolute Gasteiger partial charge is 0.391 e. The molecule has 4 aromatic rings. The number of aromatic nitrogens is 3. The van der Waals surface area contributed by atoms with Crippen LogP contribution in [-0.2, 0) is 6.42 Å². The lowest BCUT2D eigenvalue weighted by atomic mass is 9.92. The fraction of sp³-hybridized carbons (Fsp3) is 0.393. The van der Waals surface area contributed by atoms with Gasteiger partial charge in [0.15, 0.2) is 0 Å². The minimum absolute atomic E-state index is 0.118. The molecule has 2 N–H and O–H groups in total. The third kappa shape index (κ3) is 3.81. The zero-order chi connectivity index (χ0) is 23.2. The summed E-state index contributed by atoms with van der Waals surface area (Å²) in [7, 11) is 0. The van der Waals surface area contributed by atoms with Gasteiger partial charge in [-0.1, -0.05) is 43.2 Å². The molecule has 3 atom stereocenters. The second kappa shape index (κ2) is 8.60. The van der Waals surface area contributed by atoms with Crippen molar-refractivity contribution in [2.45, 2.75) is 63.2 Å². The van der Waals surface area contributed by atoms with E-state index >= 15 is 0 Å². The molecule has 174 valence electrons. The molecule has 0 bridgehead atoms. The van der Waals surface area contributed by atoms with E-state index in [0.717, 1.165) is 59.7 Å². The number of benzene rings is 2. The van der Waals surface area contributed by atoms with Crippen LogP contribution < -0.4 is 5.56 Å². The van der Waals surface area contributed by atoms with Gasteiger partial charge in [-0.25, -0.2) is 4.98 Å². The second-order valence-corrected chi connectivity index (χ2v) is 9.91. The standard InChI is InChI=1S/C28H29N3O3/c32-24-6-2-1-5-23(24)31-16-30-26-22(28(31)34)15-20(21-4-3-13-29-25(21)26)14-17-7-9-18(10-8-17)27(33)19-11-12-19/h3-4,7-10,13,15-16,19,23-24,27,32-33H,1-2,5-6,11-12,14H2/t23-,24-,27?/m0/s1. The monoisotopic (exact) mass is 455 g/mol. The van der Waals surface area contributed by atoms with Gasteiger partial charge >= 0.3 is 0 Å².